The van der Waals surface area contributed by atoms with E-state index in [1.54, 1.807) is 0 Å². The number of aromatic nitrogens is 2. The van der Waals surface area contributed by atoms with Crippen molar-refractivity contribution in [2.45, 2.75) is 26.5 Å². The van der Waals surface area contributed by atoms with Crippen molar-refractivity contribution in [2.24, 2.45) is 0 Å². The summed E-state index contributed by atoms with van der Waals surface area (Å²) in [5.74, 6) is -0.741. The normalized spacial score (nSPS) is 15.7. The van der Waals surface area contributed by atoms with Crippen LogP contribution >= 0.6 is 0 Å². The summed E-state index contributed by atoms with van der Waals surface area (Å²) in [7, 11) is 0. The molecule has 0 aliphatic carbocycles. The van der Waals surface area contributed by atoms with Crippen LogP contribution in [-0.2, 0) is 12.7 Å². The number of nitrogens with one attached hydrogen (secondary N) is 1. The number of alkyl halides is 3. The number of carbonyl (C=O) groups is 1. The Bertz CT molecular complexity index is 1170. The van der Waals surface area contributed by atoms with Gasteiger partial charge in [0, 0.05) is 16.8 Å². The number of nitrogens with zero attached hydrogens (tertiary/aromatic N) is 2. The van der Waals surface area contributed by atoms with Crippen molar-refractivity contribution in [3.8, 4) is 0 Å². The SMILES string of the molecule is [2H]c1c(C([2H])([2H])[2H])c([2H])c2c(C(=O)NCc3ccc(C(F)(F)F)cc3)c(C)nn2c1[2H]. The first-order chi connectivity index (χ1) is 14.2. The molecule has 3 aromatic rings. The average Bonchev–Trinajstić information content (AvgIpc) is 3.00. The summed E-state index contributed by atoms with van der Waals surface area (Å²) in [6, 6.07) is 2.90. The molecule has 1 aromatic carbocycles. The molecule has 2 aromatic heterocycles. The second kappa shape index (κ2) is 6.23. The molecule has 0 aliphatic heterocycles. The third-order valence-electron chi connectivity index (χ3n) is 3.55. The van der Waals surface area contributed by atoms with E-state index >= 15 is 0 Å². The highest BCUT2D eigenvalue weighted by Gasteiger charge is 2.29. The van der Waals surface area contributed by atoms with Crippen molar-refractivity contribution in [3.05, 3.63) is 70.5 Å². The molecule has 0 bridgehead atoms. The van der Waals surface area contributed by atoms with E-state index in [1.165, 1.54) is 19.1 Å². The third-order valence-corrected chi connectivity index (χ3v) is 3.55. The summed E-state index contributed by atoms with van der Waals surface area (Å²) in [6.07, 6.45) is -5.06. The largest absolute Gasteiger partial charge is 0.416 e. The minimum Gasteiger partial charge on any atom is -0.348 e. The smallest absolute Gasteiger partial charge is 0.348 e. The number of carbonyl (C=O) groups excluding carboxylic acids is 1. The van der Waals surface area contributed by atoms with Crippen LogP contribution in [0.15, 0.2) is 42.5 Å². The molecule has 0 unspecified atom stereocenters. The van der Waals surface area contributed by atoms with Gasteiger partial charge in [-0.25, -0.2) is 4.52 Å². The molecule has 0 atom stereocenters. The van der Waals surface area contributed by atoms with Gasteiger partial charge in [-0.3, -0.25) is 4.79 Å². The number of rotatable bonds is 3. The van der Waals surface area contributed by atoms with Gasteiger partial charge in [-0.05, 0) is 49.1 Å². The van der Waals surface area contributed by atoms with Crippen LogP contribution in [0.4, 0.5) is 13.2 Å². The quantitative estimate of drug-likeness (QED) is 0.776. The van der Waals surface area contributed by atoms with Crippen molar-refractivity contribution in [3.63, 3.8) is 0 Å². The number of pyridine rings is 1. The molecule has 1 amide bonds. The minimum atomic E-state index is -4.48. The molecule has 0 aliphatic rings. The van der Waals surface area contributed by atoms with E-state index < -0.39 is 48.3 Å². The van der Waals surface area contributed by atoms with Gasteiger partial charge in [0.25, 0.3) is 5.91 Å². The summed E-state index contributed by atoms with van der Waals surface area (Å²) in [5.41, 5.74) is -1.37. The van der Waals surface area contributed by atoms with E-state index in [-0.39, 0.29) is 23.3 Å². The zero-order valence-electron chi connectivity index (χ0n) is 19.0. The fourth-order valence-electron chi connectivity index (χ4n) is 2.34. The van der Waals surface area contributed by atoms with Gasteiger partial charge in [0.2, 0.25) is 0 Å². The predicted octanol–water partition coefficient (Wildman–Crippen LogP) is 3.90. The number of benzene rings is 1. The van der Waals surface area contributed by atoms with Gasteiger partial charge >= 0.3 is 6.18 Å². The van der Waals surface area contributed by atoms with Gasteiger partial charge in [-0.15, -0.1) is 0 Å². The van der Waals surface area contributed by atoms with E-state index in [0.717, 1.165) is 16.6 Å². The molecule has 0 saturated heterocycles. The molecular formula is C18H16F3N3O. The summed E-state index contributed by atoms with van der Waals surface area (Å²) in [4.78, 5) is 12.8. The van der Waals surface area contributed by atoms with Crippen LogP contribution in [0, 0.1) is 13.8 Å². The lowest BCUT2D eigenvalue weighted by atomic mass is 10.1. The maximum atomic E-state index is 12.8. The van der Waals surface area contributed by atoms with Crippen molar-refractivity contribution >= 4 is 11.4 Å². The maximum Gasteiger partial charge on any atom is 0.416 e. The first kappa shape index (κ1) is 10.9. The van der Waals surface area contributed by atoms with Crippen molar-refractivity contribution in [1.82, 2.24) is 14.9 Å². The fraction of sp³-hybridized carbons (Fsp3) is 0.222. The second-order valence-electron chi connectivity index (χ2n) is 5.33. The molecule has 0 spiro atoms. The van der Waals surface area contributed by atoms with E-state index in [9.17, 15) is 18.0 Å². The van der Waals surface area contributed by atoms with Crippen molar-refractivity contribution in [1.29, 1.82) is 0 Å². The van der Waals surface area contributed by atoms with Crippen LogP contribution in [0.1, 0.15) is 41.0 Å². The Morgan fingerprint density at radius 3 is 2.72 bits per heavy atom. The molecular weight excluding hydrogens is 331 g/mol. The number of fused-ring (bicyclic) bond motifs is 1. The van der Waals surface area contributed by atoms with Gasteiger partial charge in [0.1, 0.15) is 0 Å². The summed E-state index contributed by atoms with van der Waals surface area (Å²) >= 11 is 0. The minimum absolute atomic E-state index is 0.106. The van der Waals surface area contributed by atoms with Crippen LogP contribution in [0.5, 0.6) is 0 Å². The third kappa shape index (κ3) is 3.50. The summed E-state index contributed by atoms with van der Waals surface area (Å²) in [5, 5.41) is 6.50. The first-order valence-electron chi connectivity index (χ1n) is 10.2. The molecule has 7 heteroatoms. The Labute approximate surface area is 150 Å². The van der Waals surface area contributed by atoms with Crippen LogP contribution in [0.2, 0.25) is 0 Å². The van der Waals surface area contributed by atoms with Crippen LogP contribution in [0.3, 0.4) is 0 Å². The predicted molar refractivity (Wildman–Crippen MR) is 87.3 cm³/mol. The Morgan fingerprint density at radius 2 is 2.08 bits per heavy atom. The zero-order valence-corrected chi connectivity index (χ0v) is 13.0. The highest BCUT2D eigenvalue weighted by Crippen LogP contribution is 2.29. The molecule has 3 rings (SSSR count). The average molecular weight is 353 g/mol. The van der Waals surface area contributed by atoms with E-state index in [2.05, 4.69) is 10.4 Å². The number of amides is 1. The van der Waals surface area contributed by atoms with Gasteiger partial charge in [-0.2, -0.15) is 18.3 Å². The Hall–Kier alpha value is -2.83. The molecule has 130 valence electrons. The topological polar surface area (TPSA) is 46.4 Å². The molecule has 25 heavy (non-hydrogen) atoms. The Kier molecular flexibility index (Phi) is 2.72. The van der Waals surface area contributed by atoms with Gasteiger partial charge in [-0.1, -0.05) is 12.1 Å². The Balaban J connectivity index is 1.98. The van der Waals surface area contributed by atoms with Gasteiger partial charge < -0.3 is 5.32 Å². The van der Waals surface area contributed by atoms with Gasteiger partial charge in [0.15, 0.2) is 0 Å². The standard InChI is InChI=1S/C18H16F3N3O/c1-11-7-8-24-15(9-11)16(12(2)23-24)17(25)22-10-13-3-5-14(6-4-13)18(19,20)21/h3-9H,10H2,1-2H3,(H,22,25)/i1D3,7D,8D,9D. The molecule has 0 radical (unpaired) electrons. The van der Waals surface area contributed by atoms with Crippen LogP contribution in [0.25, 0.3) is 5.52 Å². The first-order valence-corrected chi connectivity index (χ1v) is 7.17. The number of hydrogen-bond donors (Lipinski definition) is 1. The van der Waals surface area contributed by atoms with Crippen LogP contribution < -0.4 is 5.32 Å². The zero-order chi connectivity index (χ0) is 23.3. The highest BCUT2D eigenvalue weighted by molar-refractivity contribution is 6.02. The lowest BCUT2D eigenvalue weighted by molar-refractivity contribution is -0.137. The summed E-state index contributed by atoms with van der Waals surface area (Å²) < 4.78 is 85.7. The molecule has 0 fully saturated rings. The number of hydrogen-bond acceptors (Lipinski definition) is 2. The second-order valence-corrected chi connectivity index (χ2v) is 5.33. The lowest BCUT2D eigenvalue weighted by Crippen LogP contribution is -2.23. The number of aryl methyl sites for hydroxylation is 1. The monoisotopic (exact) mass is 353 g/mol. The summed E-state index contributed by atoms with van der Waals surface area (Å²) in [6.45, 7) is -1.55. The van der Waals surface area contributed by atoms with E-state index in [0.29, 0.717) is 5.56 Å². The highest BCUT2D eigenvalue weighted by atomic mass is 19.4. The Morgan fingerprint density at radius 1 is 1.36 bits per heavy atom. The lowest BCUT2D eigenvalue weighted by Gasteiger charge is -2.09. The fourth-order valence-corrected chi connectivity index (χ4v) is 2.34. The number of halogens is 3. The van der Waals surface area contributed by atoms with E-state index in [1.807, 2.05) is 0 Å². The maximum absolute atomic E-state index is 12.8. The molecule has 2 heterocycles. The molecule has 0 saturated carbocycles. The van der Waals surface area contributed by atoms with Gasteiger partial charge in [0.05, 0.1) is 26.4 Å². The molecule has 1 N–H and O–H groups in total. The van der Waals surface area contributed by atoms with Crippen molar-refractivity contribution < 1.29 is 26.2 Å². The van der Waals surface area contributed by atoms with E-state index in [4.69, 9.17) is 8.22 Å². The van der Waals surface area contributed by atoms with Crippen LogP contribution in [-0.4, -0.2) is 15.5 Å². The van der Waals surface area contributed by atoms with Crippen molar-refractivity contribution in [2.75, 3.05) is 0 Å². The molecule has 4 nitrogen and oxygen atoms in total.